The van der Waals surface area contributed by atoms with Gasteiger partial charge in [-0.1, -0.05) is 12.1 Å². The molecule has 32 heavy (non-hydrogen) atoms. The normalized spacial score (nSPS) is 18.2. The van der Waals surface area contributed by atoms with Crippen molar-refractivity contribution >= 4 is 17.6 Å². The van der Waals surface area contributed by atoms with E-state index in [2.05, 4.69) is 10.2 Å². The number of aromatic nitrogens is 4. The van der Waals surface area contributed by atoms with Crippen molar-refractivity contribution in [1.82, 2.24) is 25.1 Å². The van der Waals surface area contributed by atoms with Gasteiger partial charge >= 0.3 is 0 Å². The highest BCUT2D eigenvalue weighted by atomic mass is 19.1. The maximum atomic E-state index is 13.3. The van der Waals surface area contributed by atoms with Gasteiger partial charge in [0.1, 0.15) is 17.3 Å². The monoisotopic (exact) mass is 434 g/mol. The van der Waals surface area contributed by atoms with Crippen LogP contribution in [0.1, 0.15) is 58.4 Å². The lowest BCUT2D eigenvalue weighted by Gasteiger charge is -2.31. The van der Waals surface area contributed by atoms with Crippen molar-refractivity contribution in [3.05, 3.63) is 70.7 Å². The molecule has 9 heteroatoms. The molecule has 2 aliphatic heterocycles. The van der Waals surface area contributed by atoms with Crippen LogP contribution < -0.4 is 4.90 Å². The molecule has 8 nitrogen and oxygen atoms in total. The number of aryl methyl sites for hydroxylation is 1. The van der Waals surface area contributed by atoms with E-state index in [-0.39, 0.29) is 23.7 Å². The lowest BCUT2D eigenvalue weighted by molar-refractivity contribution is -0.119. The number of nitrogens with zero attached hydrogens (tertiary/aromatic N) is 5. The van der Waals surface area contributed by atoms with E-state index in [1.807, 2.05) is 6.92 Å². The van der Waals surface area contributed by atoms with Gasteiger partial charge in [0.25, 0.3) is 5.91 Å². The average Bonchev–Trinajstić information content (AvgIpc) is 3.49. The summed E-state index contributed by atoms with van der Waals surface area (Å²) in [6, 6.07) is 7.51. The van der Waals surface area contributed by atoms with Gasteiger partial charge in [-0.25, -0.2) is 14.4 Å². The third kappa shape index (κ3) is 3.63. The predicted molar refractivity (Wildman–Crippen MR) is 114 cm³/mol. The number of amides is 2. The number of aromatic amines is 1. The summed E-state index contributed by atoms with van der Waals surface area (Å²) in [5, 5.41) is 6.61. The number of rotatable bonds is 4. The smallest absolute Gasteiger partial charge is 0.272 e. The Kier molecular flexibility index (Phi) is 5.16. The lowest BCUT2D eigenvalue weighted by atomic mass is 10.0. The molecule has 4 heterocycles. The first-order chi connectivity index (χ1) is 15.5. The van der Waals surface area contributed by atoms with Crippen molar-refractivity contribution in [3.8, 4) is 0 Å². The van der Waals surface area contributed by atoms with E-state index in [9.17, 15) is 14.0 Å². The van der Waals surface area contributed by atoms with Crippen molar-refractivity contribution < 1.29 is 14.0 Å². The largest absolute Gasteiger partial charge is 0.327 e. The third-order valence-corrected chi connectivity index (χ3v) is 6.15. The van der Waals surface area contributed by atoms with Crippen LogP contribution in [0.4, 0.5) is 10.2 Å². The summed E-state index contributed by atoms with van der Waals surface area (Å²) in [7, 11) is 0. The number of hydrogen-bond donors (Lipinski definition) is 1. The van der Waals surface area contributed by atoms with E-state index < -0.39 is 0 Å². The zero-order chi connectivity index (χ0) is 22.2. The number of nitrogens with one attached hydrogen (secondary N) is 1. The molecule has 0 unspecified atom stereocenters. The van der Waals surface area contributed by atoms with Crippen LogP contribution in [-0.2, 0) is 17.8 Å². The maximum Gasteiger partial charge on any atom is 0.272 e. The van der Waals surface area contributed by atoms with Gasteiger partial charge in [0, 0.05) is 30.4 Å². The Hall–Kier alpha value is -3.62. The minimum Gasteiger partial charge on any atom is -0.327 e. The number of fused-ring (bicyclic) bond motifs is 1. The molecule has 2 amide bonds. The molecule has 1 atom stereocenters. The minimum absolute atomic E-state index is 0.0253. The maximum absolute atomic E-state index is 13.3. The van der Waals surface area contributed by atoms with Crippen LogP contribution in [0, 0.1) is 12.7 Å². The number of halogens is 1. The fourth-order valence-electron chi connectivity index (χ4n) is 4.50. The van der Waals surface area contributed by atoms with Crippen LogP contribution >= 0.6 is 0 Å². The molecular weight excluding hydrogens is 411 g/mol. The van der Waals surface area contributed by atoms with Crippen molar-refractivity contribution in [3.63, 3.8) is 0 Å². The second-order valence-electron chi connectivity index (χ2n) is 8.20. The van der Waals surface area contributed by atoms with Crippen molar-refractivity contribution in [2.24, 2.45) is 0 Å². The van der Waals surface area contributed by atoms with E-state index in [1.165, 1.54) is 12.1 Å². The lowest BCUT2D eigenvalue weighted by Crippen LogP contribution is -2.37. The van der Waals surface area contributed by atoms with Crippen LogP contribution in [0.5, 0.6) is 0 Å². The molecule has 0 spiro atoms. The molecule has 2 aliphatic rings. The second-order valence-corrected chi connectivity index (χ2v) is 8.20. The Bertz CT molecular complexity index is 1160. The molecular formula is C23H23FN6O2. The number of carbonyl (C=O) groups excluding carboxylic acids is 2. The summed E-state index contributed by atoms with van der Waals surface area (Å²) in [4.78, 5) is 38.7. The van der Waals surface area contributed by atoms with Crippen molar-refractivity contribution in [2.45, 2.75) is 45.2 Å². The predicted octanol–water partition coefficient (Wildman–Crippen LogP) is 3.10. The Balaban J connectivity index is 1.50. The van der Waals surface area contributed by atoms with E-state index in [0.29, 0.717) is 43.3 Å². The van der Waals surface area contributed by atoms with E-state index >= 15 is 0 Å². The third-order valence-electron chi connectivity index (χ3n) is 6.15. The summed E-state index contributed by atoms with van der Waals surface area (Å²) in [5.41, 5.74) is 3.02. The first-order valence-corrected chi connectivity index (χ1v) is 10.7. The molecule has 0 bridgehead atoms. The van der Waals surface area contributed by atoms with Gasteiger partial charge in [-0.05, 0) is 49.9 Å². The zero-order valence-corrected chi connectivity index (χ0v) is 17.7. The minimum atomic E-state index is -0.317. The van der Waals surface area contributed by atoms with Crippen LogP contribution in [0.15, 0.2) is 36.5 Å². The molecule has 0 radical (unpaired) electrons. The molecule has 3 aromatic rings. The highest BCUT2D eigenvalue weighted by molar-refractivity contribution is 5.95. The molecule has 1 fully saturated rings. The fraction of sp³-hybridized carbons (Fsp3) is 0.348. The van der Waals surface area contributed by atoms with Gasteiger partial charge in [0.15, 0.2) is 5.82 Å². The van der Waals surface area contributed by atoms with Gasteiger partial charge in [0.2, 0.25) is 5.91 Å². The summed E-state index contributed by atoms with van der Waals surface area (Å²) in [5.74, 6) is 0.660. The molecule has 164 valence electrons. The summed E-state index contributed by atoms with van der Waals surface area (Å²) in [6.07, 6.45) is 4.12. The van der Waals surface area contributed by atoms with Gasteiger partial charge in [-0.2, -0.15) is 5.10 Å². The molecule has 0 aliphatic carbocycles. The van der Waals surface area contributed by atoms with Gasteiger partial charge in [-0.3, -0.25) is 19.6 Å². The standard InChI is InChI=1S/C23H23FN6O2/c1-14-17-8-9-20(31)30(13-15-4-6-16(24)7-5-15)22(17)27-21(26-14)19-3-2-12-29(19)23(32)18-10-11-25-28-18/h4-7,10-11,19H,2-3,8-9,12-13H2,1H3,(H,25,28)/t19-/m0/s1. The highest BCUT2D eigenvalue weighted by Crippen LogP contribution is 2.35. The van der Waals surface area contributed by atoms with Crippen LogP contribution in [-0.4, -0.2) is 43.4 Å². The van der Waals surface area contributed by atoms with Crippen LogP contribution in [0.25, 0.3) is 0 Å². The van der Waals surface area contributed by atoms with E-state index in [1.54, 1.807) is 34.2 Å². The van der Waals surface area contributed by atoms with Crippen molar-refractivity contribution in [1.29, 1.82) is 0 Å². The second kappa shape index (κ2) is 8.14. The first-order valence-electron chi connectivity index (χ1n) is 10.7. The van der Waals surface area contributed by atoms with E-state index in [4.69, 9.17) is 9.97 Å². The van der Waals surface area contributed by atoms with Crippen LogP contribution in [0.3, 0.4) is 0 Å². The molecule has 0 saturated carbocycles. The fourth-order valence-corrected chi connectivity index (χ4v) is 4.50. The van der Waals surface area contributed by atoms with E-state index in [0.717, 1.165) is 29.7 Å². The Morgan fingerprint density at radius 3 is 2.75 bits per heavy atom. The summed E-state index contributed by atoms with van der Waals surface area (Å²) >= 11 is 0. The number of H-pyrrole nitrogens is 1. The number of hydrogen-bond acceptors (Lipinski definition) is 5. The Labute approximate surface area is 184 Å². The number of carbonyl (C=O) groups is 2. The molecule has 1 saturated heterocycles. The van der Waals surface area contributed by atoms with Gasteiger partial charge in [-0.15, -0.1) is 0 Å². The van der Waals surface area contributed by atoms with Gasteiger partial charge < -0.3 is 4.90 Å². The number of benzene rings is 1. The Morgan fingerprint density at radius 2 is 2.00 bits per heavy atom. The molecule has 2 aromatic heterocycles. The number of anilines is 1. The topological polar surface area (TPSA) is 95.1 Å². The highest BCUT2D eigenvalue weighted by Gasteiger charge is 2.35. The summed E-state index contributed by atoms with van der Waals surface area (Å²) < 4.78 is 13.3. The average molecular weight is 434 g/mol. The Morgan fingerprint density at radius 1 is 1.19 bits per heavy atom. The zero-order valence-electron chi connectivity index (χ0n) is 17.7. The summed E-state index contributed by atoms with van der Waals surface area (Å²) in [6.45, 7) is 2.84. The quantitative estimate of drug-likeness (QED) is 0.681. The number of likely N-dealkylation sites (tertiary alicyclic amines) is 1. The van der Waals surface area contributed by atoms with Gasteiger partial charge in [0.05, 0.1) is 12.6 Å². The van der Waals surface area contributed by atoms with Crippen LogP contribution in [0.2, 0.25) is 0 Å². The van der Waals surface area contributed by atoms with Crippen molar-refractivity contribution in [2.75, 3.05) is 11.4 Å². The molecule has 5 rings (SSSR count). The molecule has 1 aromatic carbocycles. The molecule has 1 N–H and O–H groups in total. The first kappa shape index (κ1) is 20.3. The SMILES string of the molecule is Cc1nc([C@@H]2CCCN2C(=O)c2ccn[nH]2)nc2c1CCC(=O)N2Cc1ccc(F)cc1.